The molecule has 1 N–H and O–H groups in total. The molecule has 0 heterocycles. The van der Waals surface area contributed by atoms with Gasteiger partial charge in [0.25, 0.3) is 0 Å². The van der Waals surface area contributed by atoms with Crippen molar-refractivity contribution >= 4 is 33.7 Å². The molecule has 0 fully saturated rings. The molecule has 1 aliphatic rings. The van der Waals surface area contributed by atoms with Gasteiger partial charge in [-0.15, -0.1) is 0 Å². The lowest BCUT2D eigenvalue weighted by Crippen LogP contribution is -2.15. The lowest BCUT2D eigenvalue weighted by molar-refractivity contribution is 0.661. The second-order valence-electron chi connectivity index (χ2n) is 7.70. The van der Waals surface area contributed by atoms with Gasteiger partial charge in [-0.2, -0.15) is 0 Å². The van der Waals surface area contributed by atoms with E-state index in [2.05, 4.69) is 73.8 Å². The maximum atomic E-state index is 6.32. The van der Waals surface area contributed by atoms with Crippen LogP contribution < -0.4 is 5.32 Å². The zero-order chi connectivity index (χ0) is 18.6. The Balaban J connectivity index is 1.68. The van der Waals surface area contributed by atoms with Gasteiger partial charge in [0.05, 0.1) is 10.7 Å². The van der Waals surface area contributed by atoms with Gasteiger partial charge in [-0.05, 0) is 57.3 Å². The van der Waals surface area contributed by atoms with Crippen LogP contribution in [-0.2, 0) is 5.41 Å². The highest BCUT2D eigenvalue weighted by Crippen LogP contribution is 2.51. The minimum absolute atomic E-state index is 0.0349. The van der Waals surface area contributed by atoms with Gasteiger partial charge in [-0.3, -0.25) is 0 Å². The van der Waals surface area contributed by atoms with E-state index in [1.54, 1.807) is 0 Å². The molecule has 2 heteroatoms. The van der Waals surface area contributed by atoms with Crippen LogP contribution in [0.25, 0.3) is 21.9 Å². The summed E-state index contributed by atoms with van der Waals surface area (Å²) in [5, 5.41) is 6.82. The zero-order valence-electron chi connectivity index (χ0n) is 15.4. The van der Waals surface area contributed by atoms with Crippen LogP contribution in [0.3, 0.4) is 0 Å². The molecule has 0 bridgehead atoms. The Labute approximate surface area is 164 Å². The Hall–Kier alpha value is -2.77. The van der Waals surface area contributed by atoms with E-state index in [4.69, 9.17) is 11.6 Å². The smallest absolute Gasteiger partial charge is 0.0640 e. The van der Waals surface area contributed by atoms with Crippen LogP contribution in [0, 0.1) is 0 Å². The predicted molar refractivity (Wildman–Crippen MR) is 116 cm³/mol. The van der Waals surface area contributed by atoms with Crippen LogP contribution in [0.4, 0.5) is 11.4 Å². The Morgan fingerprint density at radius 2 is 1.56 bits per heavy atom. The van der Waals surface area contributed by atoms with Crippen molar-refractivity contribution < 1.29 is 0 Å². The molecular formula is C25H20ClN. The molecule has 0 saturated carbocycles. The van der Waals surface area contributed by atoms with Crippen molar-refractivity contribution in [2.75, 3.05) is 5.32 Å². The molecule has 0 radical (unpaired) electrons. The average molecular weight is 370 g/mol. The second-order valence-corrected chi connectivity index (χ2v) is 8.11. The van der Waals surface area contributed by atoms with Gasteiger partial charge >= 0.3 is 0 Å². The first-order chi connectivity index (χ1) is 13.1. The van der Waals surface area contributed by atoms with Gasteiger partial charge in [0, 0.05) is 11.1 Å². The highest BCUT2D eigenvalue weighted by Gasteiger charge is 2.36. The maximum absolute atomic E-state index is 6.32. The molecule has 0 amide bonds. The molecule has 132 valence electrons. The van der Waals surface area contributed by atoms with Gasteiger partial charge in [-0.25, -0.2) is 0 Å². The van der Waals surface area contributed by atoms with Gasteiger partial charge in [0.15, 0.2) is 0 Å². The van der Waals surface area contributed by atoms with E-state index < -0.39 is 0 Å². The van der Waals surface area contributed by atoms with E-state index in [-0.39, 0.29) is 5.41 Å². The molecule has 0 unspecified atom stereocenters. The normalized spacial score (nSPS) is 14.0. The van der Waals surface area contributed by atoms with Crippen LogP contribution in [0.2, 0.25) is 5.02 Å². The number of hydrogen-bond acceptors (Lipinski definition) is 1. The lowest BCUT2D eigenvalue weighted by Gasteiger charge is -2.22. The number of para-hydroxylation sites is 1. The summed E-state index contributed by atoms with van der Waals surface area (Å²) in [4.78, 5) is 0. The summed E-state index contributed by atoms with van der Waals surface area (Å²) in [7, 11) is 0. The van der Waals surface area contributed by atoms with E-state index in [0.29, 0.717) is 0 Å². The third kappa shape index (κ3) is 2.46. The van der Waals surface area contributed by atoms with Crippen LogP contribution in [-0.4, -0.2) is 0 Å². The molecule has 0 spiro atoms. The molecule has 1 nitrogen and oxygen atoms in total. The number of hydrogen-bond donors (Lipinski definition) is 1. The number of anilines is 2. The summed E-state index contributed by atoms with van der Waals surface area (Å²) >= 11 is 6.32. The minimum Gasteiger partial charge on any atom is -0.354 e. The summed E-state index contributed by atoms with van der Waals surface area (Å²) in [5.41, 5.74) is 7.41. The molecular weight excluding hydrogens is 350 g/mol. The fourth-order valence-electron chi connectivity index (χ4n) is 4.30. The van der Waals surface area contributed by atoms with Gasteiger partial charge < -0.3 is 5.32 Å². The van der Waals surface area contributed by atoms with Crippen molar-refractivity contribution in [3.05, 3.63) is 95.0 Å². The van der Waals surface area contributed by atoms with Crippen molar-refractivity contribution in [2.24, 2.45) is 0 Å². The number of nitrogens with one attached hydrogen (secondary N) is 1. The van der Waals surface area contributed by atoms with Crippen molar-refractivity contribution in [1.29, 1.82) is 0 Å². The third-order valence-electron chi connectivity index (χ3n) is 5.72. The van der Waals surface area contributed by atoms with Crippen LogP contribution in [0.1, 0.15) is 25.0 Å². The first kappa shape index (κ1) is 16.4. The standard InChI is InChI=1S/C25H20ClN/c1-25(2)20-14-11-16-7-3-4-8-18(16)24(20)19-13-12-17(15-21(19)25)27-23-10-6-5-9-22(23)26/h3-15,27H,1-2H3. The number of fused-ring (bicyclic) bond motifs is 5. The molecule has 27 heavy (non-hydrogen) atoms. The molecule has 0 aromatic heterocycles. The minimum atomic E-state index is -0.0349. The van der Waals surface area contributed by atoms with Crippen molar-refractivity contribution in [1.82, 2.24) is 0 Å². The van der Waals surface area contributed by atoms with E-state index in [1.807, 2.05) is 24.3 Å². The van der Waals surface area contributed by atoms with Gasteiger partial charge in [-0.1, -0.05) is 80.0 Å². The molecule has 0 atom stereocenters. The fraction of sp³-hybridized carbons (Fsp3) is 0.120. The number of benzene rings is 4. The molecule has 0 aliphatic heterocycles. The van der Waals surface area contributed by atoms with Crippen LogP contribution >= 0.6 is 11.6 Å². The number of halogens is 1. The summed E-state index contributed by atoms with van der Waals surface area (Å²) in [5.74, 6) is 0. The van der Waals surface area contributed by atoms with Crippen LogP contribution in [0.5, 0.6) is 0 Å². The SMILES string of the molecule is CC1(C)c2cc(Nc3ccccc3Cl)ccc2-c2c1ccc1ccccc21. The second kappa shape index (κ2) is 5.87. The Kier molecular flexibility index (Phi) is 3.57. The lowest BCUT2D eigenvalue weighted by atomic mass is 9.82. The monoisotopic (exact) mass is 369 g/mol. The van der Waals surface area contributed by atoms with Crippen LogP contribution in [0.15, 0.2) is 78.9 Å². The topological polar surface area (TPSA) is 12.0 Å². The zero-order valence-corrected chi connectivity index (χ0v) is 16.1. The highest BCUT2D eigenvalue weighted by atomic mass is 35.5. The van der Waals surface area contributed by atoms with Crippen molar-refractivity contribution in [3.63, 3.8) is 0 Å². The first-order valence-corrected chi connectivity index (χ1v) is 9.62. The Bertz CT molecular complexity index is 1190. The van der Waals surface area contributed by atoms with E-state index in [9.17, 15) is 0 Å². The van der Waals surface area contributed by atoms with E-state index in [0.717, 1.165) is 16.4 Å². The average Bonchev–Trinajstić information content (AvgIpc) is 2.91. The summed E-state index contributed by atoms with van der Waals surface area (Å²) in [6.45, 7) is 4.62. The molecule has 4 aromatic carbocycles. The molecule has 5 rings (SSSR count). The summed E-state index contributed by atoms with van der Waals surface area (Å²) in [6.07, 6.45) is 0. The Morgan fingerprint density at radius 3 is 2.41 bits per heavy atom. The quantitative estimate of drug-likeness (QED) is 0.384. The highest BCUT2D eigenvalue weighted by molar-refractivity contribution is 6.33. The van der Waals surface area contributed by atoms with Crippen molar-refractivity contribution in [2.45, 2.75) is 19.3 Å². The van der Waals surface area contributed by atoms with Gasteiger partial charge in [0.1, 0.15) is 0 Å². The number of rotatable bonds is 2. The Morgan fingerprint density at radius 1 is 0.778 bits per heavy atom. The third-order valence-corrected chi connectivity index (χ3v) is 6.05. The molecule has 0 saturated heterocycles. The summed E-state index contributed by atoms with van der Waals surface area (Å²) < 4.78 is 0. The molecule has 4 aromatic rings. The largest absolute Gasteiger partial charge is 0.354 e. The molecule has 1 aliphatic carbocycles. The predicted octanol–water partition coefficient (Wildman–Crippen LogP) is 7.54. The fourth-order valence-corrected chi connectivity index (χ4v) is 4.49. The van der Waals surface area contributed by atoms with E-state index >= 15 is 0 Å². The summed E-state index contributed by atoms with van der Waals surface area (Å²) in [6, 6.07) is 27.7. The van der Waals surface area contributed by atoms with E-state index in [1.165, 1.54) is 33.0 Å². The first-order valence-electron chi connectivity index (χ1n) is 9.24. The van der Waals surface area contributed by atoms with Crippen molar-refractivity contribution in [3.8, 4) is 11.1 Å². The van der Waals surface area contributed by atoms with Gasteiger partial charge in [0.2, 0.25) is 0 Å². The maximum Gasteiger partial charge on any atom is 0.0640 e.